The van der Waals surface area contributed by atoms with Crippen LogP contribution >= 0.6 is 39.1 Å². The fraction of sp³-hybridized carbons (Fsp3) is 0.0833. The van der Waals surface area contributed by atoms with Crippen LogP contribution in [0.1, 0.15) is 21.5 Å². The maximum absolute atomic E-state index is 14.1. The van der Waals surface area contributed by atoms with Crippen molar-refractivity contribution in [2.24, 2.45) is 0 Å². The molecule has 168 valence electrons. The van der Waals surface area contributed by atoms with Gasteiger partial charge < -0.3 is 10.1 Å². The standard InChI is InChI=1S/C24H17BrCl2FN3O2/c25-20-13-31(12-19-21(27)2-1-3-22(19)28)30-23(20)29-24(32)16-6-4-15(5-7-16)14-33-18-10-8-17(26)9-11-18/h1-11,13H,12,14H2,(H,29,30,32). The first-order chi connectivity index (χ1) is 15.9. The van der Waals surface area contributed by atoms with Crippen LogP contribution < -0.4 is 10.1 Å². The average Bonchev–Trinajstić information content (AvgIpc) is 3.15. The van der Waals surface area contributed by atoms with Crippen LogP contribution in [0.3, 0.4) is 0 Å². The first kappa shape index (κ1) is 23.3. The van der Waals surface area contributed by atoms with E-state index >= 15 is 0 Å². The highest BCUT2D eigenvalue weighted by molar-refractivity contribution is 9.10. The highest BCUT2D eigenvalue weighted by Crippen LogP contribution is 2.24. The monoisotopic (exact) mass is 547 g/mol. The number of halogens is 4. The SMILES string of the molecule is O=C(Nc1nn(Cc2c(F)cccc2Cl)cc1Br)c1ccc(COc2ccc(Cl)cc2)cc1. The van der Waals surface area contributed by atoms with E-state index in [1.54, 1.807) is 54.7 Å². The van der Waals surface area contributed by atoms with Crippen molar-refractivity contribution in [1.82, 2.24) is 9.78 Å². The number of carbonyl (C=O) groups excluding carboxylic acids is 1. The zero-order valence-corrected chi connectivity index (χ0v) is 20.2. The molecule has 4 rings (SSSR count). The molecule has 5 nitrogen and oxygen atoms in total. The number of ether oxygens (including phenoxy) is 1. The van der Waals surface area contributed by atoms with Gasteiger partial charge >= 0.3 is 0 Å². The lowest BCUT2D eigenvalue weighted by molar-refractivity contribution is 0.102. The van der Waals surface area contributed by atoms with Crippen molar-refractivity contribution in [3.8, 4) is 5.75 Å². The molecule has 1 N–H and O–H groups in total. The van der Waals surface area contributed by atoms with E-state index in [1.807, 2.05) is 12.1 Å². The number of anilines is 1. The fourth-order valence-electron chi connectivity index (χ4n) is 3.04. The minimum atomic E-state index is -0.417. The Morgan fingerprint density at radius 2 is 1.79 bits per heavy atom. The molecule has 0 aliphatic carbocycles. The summed E-state index contributed by atoms with van der Waals surface area (Å²) in [6.45, 7) is 0.486. The number of rotatable bonds is 7. The normalized spacial score (nSPS) is 10.8. The van der Waals surface area contributed by atoms with Crippen molar-refractivity contribution in [1.29, 1.82) is 0 Å². The van der Waals surface area contributed by atoms with Gasteiger partial charge in [0.2, 0.25) is 0 Å². The Balaban J connectivity index is 1.38. The lowest BCUT2D eigenvalue weighted by Gasteiger charge is -2.08. The van der Waals surface area contributed by atoms with E-state index in [0.717, 1.165) is 5.56 Å². The van der Waals surface area contributed by atoms with E-state index in [9.17, 15) is 9.18 Å². The van der Waals surface area contributed by atoms with Gasteiger partial charge in [0.15, 0.2) is 5.82 Å². The van der Waals surface area contributed by atoms with Crippen molar-refractivity contribution in [3.05, 3.63) is 110 Å². The third-order valence-electron chi connectivity index (χ3n) is 4.77. The van der Waals surface area contributed by atoms with Gasteiger partial charge in [-0.15, -0.1) is 0 Å². The molecule has 3 aromatic carbocycles. The van der Waals surface area contributed by atoms with E-state index in [2.05, 4.69) is 26.3 Å². The molecule has 9 heteroatoms. The van der Waals surface area contributed by atoms with Gasteiger partial charge in [0.25, 0.3) is 5.91 Å². The second-order valence-corrected chi connectivity index (χ2v) is 8.82. The van der Waals surface area contributed by atoms with Crippen molar-refractivity contribution < 1.29 is 13.9 Å². The van der Waals surface area contributed by atoms with Gasteiger partial charge in [-0.3, -0.25) is 9.48 Å². The quantitative estimate of drug-likeness (QED) is 0.271. The number of aromatic nitrogens is 2. The lowest BCUT2D eigenvalue weighted by atomic mass is 10.1. The summed E-state index contributed by atoms with van der Waals surface area (Å²) in [6, 6.07) is 18.7. The van der Waals surface area contributed by atoms with Gasteiger partial charge in [0.1, 0.15) is 18.2 Å². The van der Waals surface area contributed by atoms with Crippen LogP contribution in [0.5, 0.6) is 5.75 Å². The maximum atomic E-state index is 14.1. The predicted octanol–water partition coefficient (Wildman–Crippen LogP) is 6.97. The number of carbonyl (C=O) groups is 1. The zero-order valence-electron chi connectivity index (χ0n) is 17.1. The Morgan fingerprint density at radius 3 is 2.48 bits per heavy atom. The minimum absolute atomic E-state index is 0.127. The van der Waals surface area contributed by atoms with Crippen molar-refractivity contribution >= 4 is 50.9 Å². The molecule has 0 unspecified atom stereocenters. The Kier molecular flexibility index (Phi) is 7.33. The van der Waals surface area contributed by atoms with Crippen LogP contribution in [0, 0.1) is 5.82 Å². The zero-order chi connectivity index (χ0) is 23.4. The molecule has 1 aromatic heterocycles. The van der Waals surface area contributed by atoms with Crippen LogP contribution in [0.2, 0.25) is 10.0 Å². The van der Waals surface area contributed by atoms with E-state index in [-0.39, 0.29) is 12.5 Å². The number of hydrogen-bond donors (Lipinski definition) is 1. The van der Waals surface area contributed by atoms with Crippen LogP contribution in [0.15, 0.2) is 77.4 Å². The highest BCUT2D eigenvalue weighted by Gasteiger charge is 2.14. The summed E-state index contributed by atoms with van der Waals surface area (Å²) in [5.41, 5.74) is 1.70. The molecule has 33 heavy (non-hydrogen) atoms. The Bertz CT molecular complexity index is 1260. The largest absolute Gasteiger partial charge is 0.489 e. The highest BCUT2D eigenvalue weighted by atomic mass is 79.9. The number of hydrogen-bond acceptors (Lipinski definition) is 3. The molecule has 0 fully saturated rings. The molecule has 0 radical (unpaired) electrons. The molecule has 0 saturated carbocycles. The minimum Gasteiger partial charge on any atom is -0.489 e. The van der Waals surface area contributed by atoms with Gasteiger partial charge in [-0.05, 0) is 70.0 Å². The average molecular weight is 549 g/mol. The topological polar surface area (TPSA) is 56.2 Å². The lowest BCUT2D eigenvalue weighted by Crippen LogP contribution is -2.13. The molecule has 0 spiro atoms. The molecular formula is C24H17BrCl2FN3O2. The van der Waals surface area contributed by atoms with Crippen LogP contribution in [0.25, 0.3) is 0 Å². The summed E-state index contributed by atoms with van der Waals surface area (Å²) in [4.78, 5) is 12.7. The van der Waals surface area contributed by atoms with Gasteiger partial charge in [0.05, 0.1) is 11.0 Å². The van der Waals surface area contributed by atoms with Crippen LogP contribution in [0.4, 0.5) is 10.2 Å². The summed E-state index contributed by atoms with van der Waals surface area (Å²) >= 11 is 15.3. The number of benzene rings is 3. The number of nitrogens with one attached hydrogen (secondary N) is 1. The second-order valence-electron chi connectivity index (χ2n) is 7.12. The number of amides is 1. The number of nitrogens with zero attached hydrogens (tertiary/aromatic N) is 2. The molecule has 0 atom stereocenters. The van der Waals surface area contributed by atoms with Crippen molar-refractivity contribution in [2.75, 3.05) is 5.32 Å². The summed E-state index contributed by atoms with van der Waals surface area (Å²) in [5, 5.41) is 8.03. The van der Waals surface area contributed by atoms with E-state index in [0.29, 0.717) is 43.8 Å². The summed E-state index contributed by atoms with van der Waals surface area (Å²) in [7, 11) is 0. The van der Waals surface area contributed by atoms with Crippen LogP contribution in [-0.4, -0.2) is 15.7 Å². The van der Waals surface area contributed by atoms with Crippen LogP contribution in [-0.2, 0) is 13.2 Å². The molecule has 0 bridgehead atoms. The molecule has 4 aromatic rings. The van der Waals surface area contributed by atoms with Crippen molar-refractivity contribution in [2.45, 2.75) is 13.2 Å². The van der Waals surface area contributed by atoms with Gasteiger partial charge in [0, 0.05) is 27.4 Å². The summed E-state index contributed by atoms with van der Waals surface area (Å²) in [6.07, 6.45) is 1.65. The molecule has 0 aliphatic rings. The molecule has 1 amide bonds. The van der Waals surface area contributed by atoms with Gasteiger partial charge in [-0.25, -0.2) is 4.39 Å². The molecule has 0 saturated heterocycles. The molecule has 0 aliphatic heterocycles. The van der Waals surface area contributed by atoms with Gasteiger partial charge in [-0.2, -0.15) is 5.10 Å². The molecule has 1 heterocycles. The summed E-state index contributed by atoms with van der Waals surface area (Å²) in [5.74, 6) is 0.288. The third kappa shape index (κ3) is 5.93. The van der Waals surface area contributed by atoms with E-state index in [1.165, 1.54) is 10.7 Å². The molecular weight excluding hydrogens is 532 g/mol. The Labute approximate surface area is 208 Å². The van der Waals surface area contributed by atoms with Gasteiger partial charge in [-0.1, -0.05) is 41.4 Å². The Hall–Kier alpha value is -2.87. The van der Waals surface area contributed by atoms with E-state index in [4.69, 9.17) is 27.9 Å². The van der Waals surface area contributed by atoms with E-state index < -0.39 is 5.82 Å². The Morgan fingerprint density at radius 1 is 1.06 bits per heavy atom. The second kappa shape index (κ2) is 10.4. The first-order valence-corrected chi connectivity index (χ1v) is 11.4. The summed E-state index contributed by atoms with van der Waals surface area (Å²) < 4.78 is 21.8. The maximum Gasteiger partial charge on any atom is 0.256 e. The third-order valence-corrected chi connectivity index (χ3v) is 5.95. The predicted molar refractivity (Wildman–Crippen MR) is 131 cm³/mol. The first-order valence-electron chi connectivity index (χ1n) is 9.83. The fourth-order valence-corrected chi connectivity index (χ4v) is 3.80. The van der Waals surface area contributed by atoms with Crippen molar-refractivity contribution in [3.63, 3.8) is 0 Å². The smallest absolute Gasteiger partial charge is 0.256 e.